The Kier molecular flexibility index (Phi) is 11.1. The van der Waals surface area contributed by atoms with E-state index in [0.29, 0.717) is 48.9 Å². The molecule has 4 amide bonds. The molecule has 12 heteroatoms. The quantitative estimate of drug-likeness (QED) is 0.238. The summed E-state index contributed by atoms with van der Waals surface area (Å²) >= 11 is 6.16. The van der Waals surface area contributed by atoms with Gasteiger partial charge in [-0.05, 0) is 73.9 Å². The second-order valence-corrected chi connectivity index (χ2v) is 14.5. The van der Waals surface area contributed by atoms with Gasteiger partial charge in [-0.2, -0.15) is 0 Å². The molecule has 4 aromatic rings. The van der Waals surface area contributed by atoms with Gasteiger partial charge >= 0.3 is 6.09 Å². The first-order valence-corrected chi connectivity index (χ1v) is 17.8. The van der Waals surface area contributed by atoms with Gasteiger partial charge in [0, 0.05) is 56.4 Å². The lowest BCUT2D eigenvalue weighted by molar-refractivity contribution is -0.138. The van der Waals surface area contributed by atoms with Crippen LogP contribution in [-0.4, -0.2) is 82.5 Å². The number of amides is 4. The number of nitrogens with zero attached hydrogens (tertiary/aromatic N) is 4. The average Bonchev–Trinajstić information content (AvgIpc) is 3.14. The first-order valence-electron chi connectivity index (χ1n) is 17.4. The standard InChI is InChI=1S/C40H43ClN6O5/c1-40(2,3)52-39(51)47-26-30-10-5-4-9-28(30)24-35(47)37(49)44-33(23-27-14-16-31(41)17-15-27)38(50)46-21-19-45(20-22-46)34-13-7-6-12-32(34)43-36(48)29-11-8-18-42-25-29/h4-18,25,33,35H,19-24,26H2,1-3H3,(H,43,48)(H,44,49)/t33-,35+/m1/s1. The van der Waals surface area contributed by atoms with E-state index in [9.17, 15) is 19.2 Å². The molecule has 0 aliphatic carbocycles. The fourth-order valence-corrected chi connectivity index (χ4v) is 6.65. The molecule has 2 atom stereocenters. The van der Waals surface area contributed by atoms with Gasteiger partial charge in [0.2, 0.25) is 11.8 Å². The van der Waals surface area contributed by atoms with Crippen LogP contribution in [0.25, 0.3) is 0 Å². The van der Waals surface area contributed by atoms with Crippen LogP contribution in [-0.2, 0) is 33.7 Å². The van der Waals surface area contributed by atoms with E-state index in [0.717, 1.165) is 22.4 Å². The molecule has 1 aromatic heterocycles. The number of hydrogen-bond acceptors (Lipinski definition) is 7. The second-order valence-electron chi connectivity index (χ2n) is 14.0. The summed E-state index contributed by atoms with van der Waals surface area (Å²) in [5.41, 5.74) is 3.95. The average molecular weight is 723 g/mol. The van der Waals surface area contributed by atoms with E-state index in [4.69, 9.17) is 16.3 Å². The van der Waals surface area contributed by atoms with Crippen molar-refractivity contribution < 1.29 is 23.9 Å². The predicted octanol–water partition coefficient (Wildman–Crippen LogP) is 5.73. The minimum atomic E-state index is -0.899. The summed E-state index contributed by atoms with van der Waals surface area (Å²) in [7, 11) is 0. The molecular weight excluding hydrogens is 680 g/mol. The number of hydrogen-bond donors (Lipinski definition) is 2. The molecule has 0 spiro atoms. The minimum absolute atomic E-state index is 0.213. The molecule has 0 unspecified atom stereocenters. The van der Waals surface area contributed by atoms with E-state index in [2.05, 4.69) is 20.5 Å². The number of halogens is 1. The molecule has 270 valence electrons. The molecule has 1 fully saturated rings. The van der Waals surface area contributed by atoms with Gasteiger partial charge < -0.3 is 25.2 Å². The van der Waals surface area contributed by atoms with Gasteiger partial charge in [0.05, 0.1) is 23.5 Å². The highest BCUT2D eigenvalue weighted by atomic mass is 35.5. The molecular formula is C40H43ClN6O5. The normalized spacial score (nSPS) is 16.4. The fourth-order valence-electron chi connectivity index (χ4n) is 6.53. The molecule has 6 rings (SSSR count). The van der Waals surface area contributed by atoms with Crippen LogP contribution in [0.4, 0.5) is 16.2 Å². The van der Waals surface area contributed by atoms with Gasteiger partial charge in [0.25, 0.3) is 5.91 Å². The number of carbonyl (C=O) groups is 4. The number of carbonyl (C=O) groups excluding carboxylic acids is 4. The number of benzene rings is 3. The molecule has 2 N–H and O–H groups in total. The number of aromatic nitrogens is 1. The van der Waals surface area contributed by atoms with Gasteiger partial charge in [-0.1, -0.05) is 60.1 Å². The summed E-state index contributed by atoms with van der Waals surface area (Å²) in [6, 6.07) is 24.1. The van der Waals surface area contributed by atoms with E-state index in [1.807, 2.05) is 60.7 Å². The maximum Gasteiger partial charge on any atom is 0.411 e. The van der Waals surface area contributed by atoms with Crippen LogP contribution in [0.1, 0.15) is 47.8 Å². The largest absolute Gasteiger partial charge is 0.444 e. The first kappa shape index (κ1) is 36.4. The van der Waals surface area contributed by atoms with Gasteiger partial charge in [-0.25, -0.2) is 4.79 Å². The van der Waals surface area contributed by atoms with Crippen LogP contribution in [0.2, 0.25) is 5.02 Å². The Labute approximate surface area is 308 Å². The lowest BCUT2D eigenvalue weighted by Crippen LogP contribution is -2.59. The van der Waals surface area contributed by atoms with Crippen molar-refractivity contribution in [1.29, 1.82) is 0 Å². The van der Waals surface area contributed by atoms with Crippen molar-refractivity contribution in [2.24, 2.45) is 0 Å². The SMILES string of the molecule is CC(C)(C)OC(=O)N1Cc2ccccc2C[C@H]1C(=O)N[C@H](Cc1ccc(Cl)cc1)C(=O)N1CCN(c2ccccc2NC(=O)c2cccnc2)CC1. The lowest BCUT2D eigenvalue weighted by Gasteiger charge is -2.39. The van der Waals surface area contributed by atoms with Gasteiger partial charge in [0.1, 0.15) is 17.7 Å². The van der Waals surface area contributed by atoms with Crippen molar-refractivity contribution in [3.8, 4) is 0 Å². The van der Waals surface area contributed by atoms with Crippen molar-refractivity contribution in [2.45, 2.75) is 57.8 Å². The topological polar surface area (TPSA) is 124 Å². The molecule has 0 radical (unpaired) electrons. The minimum Gasteiger partial charge on any atom is -0.444 e. The van der Waals surface area contributed by atoms with Crippen LogP contribution in [0, 0.1) is 0 Å². The highest BCUT2D eigenvalue weighted by Gasteiger charge is 2.39. The van der Waals surface area contributed by atoms with E-state index in [1.54, 1.807) is 56.1 Å². The zero-order valence-corrected chi connectivity index (χ0v) is 30.3. The molecule has 52 heavy (non-hydrogen) atoms. The van der Waals surface area contributed by atoms with E-state index in [1.165, 1.54) is 11.1 Å². The summed E-state index contributed by atoms with van der Waals surface area (Å²) in [5, 5.41) is 6.60. The van der Waals surface area contributed by atoms with Gasteiger partial charge in [-0.3, -0.25) is 24.3 Å². The Morgan fingerprint density at radius 2 is 1.58 bits per heavy atom. The number of rotatable bonds is 8. The van der Waals surface area contributed by atoms with E-state index >= 15 is 0 Å². The maximum absolute atomic E-state index is 14.3. The highest BCUT2D eigenvalue weighted by Crippen LogP contribution is 2.29. The third-order valence-corrected chi connectivity index (χ3v) is 9.41. The summed E-state index contributed by atoms with van der Waals surface area (Å²) in [4.78, 5) is 64.2. The molecule has 1 saturated heterocycles. The highest BCUT2D eigenvalue weighted by molar-refractivity contribution is 6.30. The summed E-state index contributed by atoms with van der Waals surface area (Å²) in [6.07, 6.45) is 3.07. The van der Waals surface area contributed by atoms with E-state index < -0.39 is 29.7 Å². The molecule has 11 nitrogen and oxygen atoms in total. The van der Waals surface area contributed by atoms with Gasteiger partial charge in [0.15, 0.2) is 0 Å². The zero-order valence-electron chi connectivity index (χ0n) is 29.6. The third kappa shape index (κ3) is 8.89. The van der Waals surface area contributed by atoms with Crippen molar-refractivity contribution in [3.63, 3.8) is 0 Å². The van der Waals surface area contributed by atoms with Crippen molar-refractivity contribution in [1.82, 2.24) is 20.1 Å². The van der Waals surface area contributed by atoms with Crippen LogP contribution in [0.15, 0.2) is 97.3 Å². The summed E-state index contributed by atoms with van der Waals surface area (Å²) < 4.78 is 5.71. The summed E-state index contributed by atoms with van der Waals surface area (Å²) in [6.45, 7) is 7.40. The fraction of sp³-hybridized carbons (Fsp3) is 0.325. The number of piperazine rings is 1. The monoisotopic (exact) mass is 722 g/mol. The Hall–Kier alpha value is -5.42. The predicted molar refractivity (Wildman–Crippen MR) is 200 cm³/mol. The van der Waals surface area contributed by atoms with Crippen molar-refractivity contribution in [3.05, 3.63) is 125 Å². The molecule has 3 aromatic carbocycles. The van der Waals surface area contributed by atoms with Crippen LogP contribution in [0.3, 0.4) is 0 Å². The Bertz CT molecular complexity index is 1910. The zero-order chi connectivity index (χ0) is 36.8. The summed E-state index contributed by atoms with van der Waals surface area (Å²) in [5.74, 6) is -0.910. The van der Waals surface area contributed by atoms with Crippen molar-refractivity contribution in [2.75, 3.05) is 36.4 Å². The number of anilines is 2. The Morgan fingerprint density at radius 3 is 2.27 bits per heavy atom. The van der Waals surface area contributed by atoms with Crippen molar-refractivity contribution >= 4 is 46.8 Å². The number of pyridine rings is 1. The molecule has 0 bridgehead atoms. The Morgan fingerprint density at radius 1 is 0.885 bits per heavy atom. The number of para-hydroxylation sites is 2. The molecule has 3 heterocycles. The third-order valence-electron chi connectivity index (χ3n) is 9.15. The Balaban J connectivity index is 1.18. The molecule has 0 saturated carbocycles. The number of fused-ring (bicyclic) bond motifs is 1. The molecule has 2 aliphatic heterocycles. The van der Waals surface area contributed by atoms with Crippen LogP contribution < -0.4 is 15.5 Å². The van der Waals surface area contributed by atoms with Crippen LogP contribution >= 0.6 is 11.6 Å². The number of nitrogens with one attached hydrogen (secondary N) is 2. The molecule has 2 aliphatic rings. The maximum atomic E-state index is 14.3. The lowest BCUT2D eigenvalue weighted by atomic mass is 9.93. The van der Waals surface area contributed by atoms with Crippen LogP contribution in [0.5, 0.6) is 0 Å². The van der Waals surface area contributed by atoms with E-state index in [-0.39, 0.29) is 24.8 Å². The van der Waals surface area contributed by atoms with Gasteiger partial charge in [-0.15, -0.1) is 0 Å². The smallest absolute Gasteiger partial charge is 0.411 e. The first-order chi connectivity index (χ1) is 24.9. The second kappa shape index (κ2) is 15.9. The number of ether oxygens (including phenoxy) is 1.